The van der Waals surface area contributed by atoms with Gasteiger partial charge in [0.05, 0.1) is 0 Å². The Bertz CT molecular complexity index is 751. The maximum Gasteiger partial charge on any atom is 0.311 e. The number of hydrogen-bond acceptors (Lipinski definition) is 4. The highest BCUT2D eigenvalue weighted by atomic mass is 16.5. The summed E-state index contributed by atoms with van der Waals surface area (Å²) in [5.74, 6) is -1.06. The second-order valence-electron chi connectivity index (χ2n) is 5.45. The molecule has 0 aliphatic heterocycles. The van der Waals surface area contributed by atoms with Gasteiger partial charge in [0.15, 0.2) is 0 Å². The average Bonchev–Trinajstić information content (AvgIpc) is 2.91. The molecule has 0 aliphatic rings. The van der Waals surface area contributed by atoms with Gasteiger partial charge in [-0.15, -0.1) is 0 Å². The van der Waals surface area contributed by atoms with Crippen molar-refractivity contribution in [3.63, 3.8) is 0 Å². The minimum Gasteiger partial charge on any atom is -0.481 e. The second-order valence-corrected chi connectivity index (χ2v) is 5.45. The van der Waals surface area contributed by atoms with Crippen molar-refractivity contribution in [3.8, 4) is 5.75 Å². The van der Waals surface area contributed by atoms with Gasteiger partial charge < -0.3 is 20.1 Å². The average molecular weight is 332 g/mol. The van der Waals surface area contributed by atoms with Crippen LogP contribution in [-0.4, -0.2) is 34.5 Å². The van der Waals surface area contributed by atoms with Crippen LogP contribution < -0.4 is 10.1 Å². The van der Waals surface area contributed by atoms with E-state index in [0.717, 1.165) is 16.5 Å². The number of hydrogen-bond donors (Lipinski definition) is 3. The van der Waals surface area contributed by atoms with Gasteiger partial charge >= 0.3 is 11.9 Å². The Labute approximate surface area is 139 Å². The smallest absolute Gasteiger partial charge is 0.311 e. The minimum atomic E-state index is -0.934. The SMILES string of the molecule is CC(=O)NCCc1c[nH]c2cccc(OC(=O)CCCC(=O)O)c12. The molecule has 7 heteroatoms. The maximum atomic E-state index is 11.9. The summed E-state index contributed by atoms with van der Waals surface area (Å²) in [6.07, 6.45) is 2.66. The summed E-state index contributed by atoms with van der Waals surface area (Å²) in [5.41, 5.74) is 1.77. The fourth-order valence-corrected chi connectivity index (χ4v) is 2.43. The number of esters is 1. The summed E-state index contributed by atoms with van der Waals surface area (Å²) in [7, 11) is 0. The lowest BCUT2D eigenvalue weighted by molar-refractivity contribution is -0.137. The van der Waals surface area contributed by atoms with E-state index < -0.39 is 11.9 Å². The van der Waals surface area contributed by atoms with Crippen LogP contribution in [0.5, 0.6) is 5.75 Å². The Morgan fingerprint density at radius 1 is 1.25 bits per heavy atom. The Morgan fingerprint density at radius 2 is 2.04 bits per heavy atom. The molecule has 0 saturated heterocycles. The topological polar surface area (TPSA) is 108 Å². The molecule has 2 aromatic rings. The Morgan fingerprint density at radius 3 is 2.75 bits per heavy atom. The monoisotopic (exact) mass is 332 g/mol. The first-order chi connectivity index (χ1) is 11.5. The van der Waals surface area contributed by atoms with Crippen LogP contribution in [0.3, 0.4) is 0 Å². The third kappa shape index (κ3) is 4.84. The van der Waals surface area contributed by atoms with Crippen molar-refractivity contribution in [1.29, 1.82) is 0 Å². The molecule has 1 aromatic carbocycles. The van der Waals surface area contributed by atoms with Gasteiger partial charge in [0.25, 0.3) is 0 Å². The number of carbonyl (C=O) groups excluding carboxylic acids is 2. The quantitative estimate of drug-likeness (QED) is 0.506. The fraction of sp³-hybridized carbons (Fsp3) is 0.353. The van der Waals surface area contributed by atoms with Gasteiger partial charge in [0, 0.05) is 43.4 Å². The first kappa shape index (κ1) is 17.5. The number of amides is 1. The molecule has 0 saturated carbocycles. The molecule has 3 N–H and O–H groups in total. The molecule has 0 radical (unpaired) electrons. The summed E-state index contributed by atoms with van der Waals surface area (Å²) >= 11 is 0. The largest absolute Gasteiger partial charge is 0.481 e. The van der Waals surface area contributed by atoms with Gasteiger partial charge in [0.2, 0.25) is 5.91 Å². The number of aromatic amines is 1. The first-order valence-corrected chi connectivity index (χ1v) is 7.73. The van der Waals surface area contributed by atoms with Crippen molar-refractivity contribution in [2.24, 2.45) is 0 Å². The van der Waals surface area contributed by atoms with E-state index in [9.17, 15) is 14.4 Å². The molecule has 128 valence electrons. The van der Waals surface area contributed by atoms with E-state index in [-0.39, 0.29) is 25.2 Å². The van der Waals surface area contributed by atoms with Crippen molar-refractivity contribution in [2.75, 3.05) is 6.54 Å². The summed E-state index contributed by atoms with van der Waals surface area (Å²) < 4.78 is 5.40. The van der Waals surface area contributed by atoms with E-state index in [4.69, 9.17) is 9.84 Å². The van der Waals surface area contributed by atoms with Crippen LogP contribution in [0.25, 0.3) is 10.9 Å². The van der Waals surface area contributed by atoms with Crippen LogP contribution >= 0.6 is 0 Å². The number of fused-ring (bicyclic) bond motifs is 1. The zero-order valence-electron chi connectivity index (χ0n) is 13.4. The molecular weight excluding hydrogens is 312 g/mol. The van der Waals surface area contributed by atoms with Crippen molar-refractivity contribution in [3.05, 3.63) is 30.0 Å². The Kier molecular flexibility index (Phi) is 5.95. The minimum absolute atomic E-state index is 0.0499. The molecule has 0 unspecified atom stereocenters. The lowest BCUT2D eigenvalue weighted by atomic mass is 10.1. The zero-order valence-corrected chi connectivity index (χ0v) is 13.4. The molecule has 1 aromatic heterocycles. The predicted molar refractivity (Wildman–Crippen MR) is 87.8 cm³/mol. The van der Waals surface area contributed by atoms with Gasteiger partial charge in [-0.3, -0.25) is 14.4 Å². The number of carboxylic acid groups (broad SMARTS) is 1. The lowest BCUT2D eigenvalue weighted by Crippen LogP contribution is -2.22. The van der Waals surface area contributed by atoms with Gasteiger partial charge in [-0.05, 0) is 30.5 Å². The van der Waals surface area contributed by atoms with Crippen LogP contribution in [0.2, 0.25) is 0 Å². The standard InChI is InChI=1S/C17H20N2O5/c1-11(20)18-9-8-12-10-19-13-4-2-5-14(17(12)13)24-16(23)7-3-6-15(21)22/h2,4-5,10,19H,3,6-9H2,1H3,(H,18,20)(H,21,22). The van der Waals surface area contributed by atoms with E-state index in [1.807, 2.05) is 12.3 Å². The highest BCUT2D eigenvalue weighted by Crippen LogP contribution is 2.29. The van der Waals surface area contributed by atoms with E-state index in [0.29, 0.717) is 18.7 Å². The van der Waals surface area contributed by atoms with E-state index in [2.05, 4.69) is 10.3 Å². The molecule has 0 fully saturated rings. The summed E-state index contributed by atoms with van der Waals surface area (Å²) in [6, 6.07) is 5.35. The van der Waals surface area contributed by atoms with E-state index >= 15 is 0 Å². The van der Waals surface area contributed by atoms with Gasteiger partial charge in [-0.25, -0.2) is 0 Å². The zero-order chi connectivity index (χ0) is 17.5. The molecule has 1 heterocycles. The number of ether oxygens (including phenoxy) is 1. The molecule has 0 bridgehead atoms. The van der Waals surface area contributed by atoms with Crippen LogP contribution in [0.4, 0.5) is 0 Å². The number of benzene rings is 1. The van der Waals surface area contributed by atoms with Crippen LogP contribution in [-0.2, 0) is 20.8 Å². The predicted octanol–water partition coefficient (Wildman–Crippen LogP) is 2.01. The second kappa shape index (κ2) is 8.14. The van der Waals surface area contributed by atoms with Crippen molar-refractivity contribution in [2.45, 2.75) is 32.6 Å². The third-order valence-corrected chi connectivity index (χ3v) is 3.51. The first-order valence-electron chi connectivity index (χ1n) is 7.73. The molecular formula is C17H20N2O5. The molecule has 1 amide bonds. The van der Waals surface area contributed by atoms with Crippen molar-refractivity contribution in [1.82, 2.24) is 10.3 Å². The molecule has 24 heavy (non-hydrogen) atoms. The summed E-state index contributed by atoms with van der Waals surface area (Å²) in [6.45, 7) is 1.95. The number of rotatable bonds is 8. The van der Waals surface area contributed by atoms with Gasteiger partial charge in [0.1, 0.15) is 5.75 Å². The molecule has 0 atom stereocenters. The molecule has 0 spiro atoms. The van der Waals surface area contributed by atoms with Gasteiger partial charge in [-0.1, -0.05) is 6.07 Å². The highest BCUT2D eigenvalue weighted by Gasteiger charge is 2.13. The number of carboxylic acids is 1. The maximum absolute atomic E-state index is 11.9. The van der Waals surface area contributed by atoms with Crippen molar-refractivity contribution < 1.29 is 24.2 Å². The van der Waals surface area contributed by atoms with E-state index in [1.165, 1.54) is 6.92 Å². The number of carbonyl (C=O) groups is 3. The third-order valence-electron chi connectivity index (χ3n) is 3.51. The number of nitrogens with one attached hydrogen (secondary N) is 2. The molecule has 2 rings (SSSR count). The van der Waals surface area contributed by atoms with Crippen LogP contribution in [0.1, 0.15) is 31.7 Å². The normalized spacial score (nSPS) is 10.5. The highest BCUT2D eigenvalue weighted by molar-refractivity contribution is 5.91. The fourth-order valence-electron chi connectivity index (χ4n) is 2.43. The molecule has 0 aliphatic carbocycles. The Hall–Kier alpha value is -2.83. The molecule has 7 nitrogen and oxygen atoms in total. The lowest BCUT2D eigenvalue weighted by Gasteiger charge is -2.08. The van der Waals surface area contributed by atoms with E-state index in [1.54, 1.807) is 12.1 Å². The Balaban J connectivity index is 2.08. The summed E-state index contributed by atoms with van der Waals surface area (Å²) in [4.78, 5) is 36.5. The summed E-state index contributed by atoms with van der Waals surface area (Å²) in [5, 5.41) is 12.1. The van der Waals surface area contributed by atoms with Crippen molar-refractivity contribution >= 4 is 28.7 Å². The van der Waals surface area contributed by atoms with Gasteiger partial charge in [-0.2, -0.15) is 0 Å². The van der Waals surface area contributed by atoms with Crippen LogP contribution in [0.15, 0.2) is 24.4 Å². The van der Waals surface area contributed by atoms with Crippen LogP contribution in [0, 0.1) is 0 Å². The number of aromatic nitrogens is 1. The number of aliphatic carboxylic acids is 1. The number of H-pyrrole nitrogens is 1.